The second-order valence-electron chi connectivity index (χ2n) is 4.22. The Kier molecular flexibility index (Phi) is 3.93. The zero-order chi connectivity index (χ0) is 12.1. The van der Waals surface area contributed by atoms with Gasteiger partial charge in [-0.3, -0.25) is 4.79 Å². The number of piperidine rings is 1. The predicted molar refractivity (Wildman–Crippen MR) is 68.9 cm³/mol. The average molecular weight is 232 g/mol. The number of fused-ring (bicyclic) bond motifs is 1. The van der Waals surface area contributed by atoms with Crippen molar-refractivity contribution in [1.29, 1.82) is 0 Å². The van der Waals surface area contributed by atoms with Crippen LogP contribution in [0.1, 0.15) is 19.3 Å². The van der Waals surface area contributed by atoms with E-state index in [0.29, 0.717) is 11.4 Å². The quantitative estimate of drug-likeness (QED) is 0.627. The second-order valence-corrected chi connectivity index (χ2v) is 4.22. The van der Waals surface area contributed by atoms with Crippen LogP contribution < -0.4 is 0 Å². The van der Waals surface area contributed by atoms with E-state index >= 15 is 0 Å². The minimum absolute atomic E-state index is 0.262. The molecule has 3 heterocycles. The van der Waals surface area contributed by atoms with Gasteiger partial charge in [-0.15, -0.1) is 0 Å². The van der Waals surface area contributed by atoms with Crippen molar-refractivity contribution < 1.29 is 4.79 Å². The van der Waals surface area contributed by atoms with Crippen molar-refractivity contribution in [2.24, 2.45) is 15.0 Å². The Labute approximate surface area is 101 Å². The van der Waals surface area contributed by atoms with E-state index in [0.717, 1.165) is 0 Å². The van der Waals surface area contributed by atoms with Gasteiger partial charge in [-0.05, 0) is 39.1 Å². The van der Waals surface area contributed by atoms with Crippen LogP contribution in [-0.4, -0.2) is 49.3 Å². The molecule has 0 aliphatic carbocycles. The highest BCUT2D eigenvalue weighted by Gasteiger charge is 2.19. The topological polar surface area (TPSA) is 57.4 Å². The lowest BCUT2D eigenvalue weighted by Crippen LogP contribution is -2.24. The van der Waals surface area contributed by atoms with E-state index in [1.165, 1.54) is 38.7 Å². The number of amides is 1. The predicted octanol–water partition coefficient (Wildman–Crippen LogP) is 1.07. The fraction of sp³-hybridized carbons (Fsp3) is 0.500. The first-order valence-electron chi connectivity index (χ1n) is 5.85. The molecule has 0 aromatic heterocycles. The van der Waals surface area contributed by atoms with Gasteiger partial charge in [0.05, 0.1) is 5.57 Å². The molecule has 3 rings (SSSR count). The molecule has 1 saturated heterocycles. The molecule has 0 saturated carbocycles. The minimum atomic E-state index is -0.262. The summed E-state index contributed by atoms with van der Waals surface area (Å²) in [5.41, 5.74) is 0.488. The van der Waals surface area contributed by atoms with Crippen LogP contribution >= 0.6 is 0 Å². The van der Waals surface area contributed by atoms with Crippen LogP contribution in [0.15, 0.2) is 26.6 Å². The lowest BCUT2D eigenvalue weighted by atomic mass is 10.1. The van der Waals surface area contributed by atoms with E-state index in [2.05, 4.69) is 26.9 Å². The number of likely N-dealkylation sites (tertiary alicyclic amines) is 1. The van der Waals surface area contributed by atoms with Gasteiger partial charge in [-0.2, -0.15) is 4.99 Å². The van der Waals surface area contributed by atoms with Crippen LogP contribution in [0.3, 0.4) is 0 Å². The van der Waals surface area contributed by atoms with Crippen LogP contribution in [0.4, 0.5) is 0 Å². The highest BCUT2D eigenvalue weighted by Crippen LogP contribution is 2.09. The molecule has 0 atom stereocenters. The average Bonchev–Trinajstić information content (AvgIpc) is 2.80. The maximum atomic E-state index is 10.8. The zero-order valence-electron chi connectivity index (χ0n) is 9.96. The normalized spacial score (nSPS) is 22.5. The lowest BCUT2D eigenvalue weighted by molar-refractivity contribution is -0.113. The maximum absolute atomic E-state index is 10.8. The molecular weight excluding hydrogens is 216 g/mol. The number of rotatable bonds is 0. The lowest BCUT2D eigenvalue weighted by Gasteiger charge is -2.20. The summed E-state index contributed by atoms with van der Waals surface area (Å²) < 4.78 is 0. The standard InChI is InChI=1S/C6H3N3O.C6H13N/c10-6-4-1-2-7-5(4)8-3-9-6;1-7-5-3-2-4-6-7/h1-3H;2-6H2,1H3. The Balaban J connectivity index is 0.000000136. The van der Waals surface area contributed by atoms with Crippen molar-refractivity contribution in [2.75, 3.05) is 20.1 Å². The van der Waals surface area contributed by atoms with E-state index in [1.54, 1.807) is 12.3 Å². The Hall–Kier alpha value is -1.62. The molecule has 3 aliphatic heterocycles. The molecule has 0 bridgehead atoms. The summed E-state index contributed by atoms with van der Waals surface area (Å²) in [7, 11) is 2.19. The summed E-state index contributed by atoms with van der Waals surface area (Å²) in [5.74, 6) is 0.211. The molecule has 17 heavy (non-hydrogen) atoms. The van der Waals surface area contributed by atoms with Crippen LogP contribution in [-0.2, 0) is 4.79 Å². The first-order chi connectivity index (χ1) is 8.27. The molecule has 5 nitrogen and oxygen atoms in total. The number of aliphatic imine (C=N–C) groups is 3. The van der Waals surface area contributed by atoms with Crippen LogP contribution in [0.2, 0.25) is 0 Å². The number of hydrogen-bond donors (Lipinski definition) is 0. The minimum Gasteiger partial charge on any atom is -0.306 e. The van der Waals surface area contributed by atoms with Gasteiger partial charge in [0.2, 0.25) is 0 Å². The molecule has 0 aromatic rings. The third-order valence-electron chi connectivity index (χ3n) is 2.84. The smallest absolute Gasteiger partial charge is 0.282 e. The highest BCUT2D eigenvalue weighted by atomic mass is 16.1. The molecule has 0 N–H and O–H groups in total. The summed E-state index contributed by atoms with van der Waals surface area (Å²) in [6, 6.07) is 0. The number of allylic oxidation sites excluding steroid dienone is 1. The number of hydrogen-bond acceptors (Lipinski definition) is 4. The largest absolute Gasteiger partial charge is 0.306 e. The third kappa shape index (κ3) is 3.17. The fourth-order valence-corrected chi connectivity index (χ4v) is 1.85. The third-order valence-corrected chi connectivity index (χ3v) is 2.84. The van der Waals surface area contributed by atoms with Gasteiger partial charge in [0.1, 0.15) is 6.34 Å². The Bertz CT molecular complexity index is 408. The van der Waals surface area contributed by atoms with Gasteiger partial charge >= 0.3 is 0 Å². The molecular formula is C12H16N4O. The molecule has 0 spiro atoms. The molecule has 0 aromatic carbocycles. The molecule has 0 radical (unpaired) electrons. The Morgan fingerprint density at radius 2 is 1.94 bits per heavy atom. The van der Waals surface area contributed by atoms with E-state index in [9.17, 15) is 4.79 Å². The van der Waals surface area contributed by atoms with Crippen molar-refractivity contribution in [3.8, 4) is 0 Å². The number of amidine groups is 1. The molecule has 1 fully saturated rings. The molecule has 5 heteroatoms. The van der Waals surface area contributed by atoms with Crippen molar-refractivity contribution in [2.45, 2.75) is 19.3 Å². The van der Waals surface area contributed by atoms with Crippen molar-refractivity contribution in [3.63, 3.8) is 0 Å². The maximum Gasteiger partial charge on any atom is 0.282 e. The summed E-state index contributed by atoms with van der Waals surface area (Å²) >= 11 is 0. The van der Waals surface area contributed by atoms with Crippen molar-refractivity contribution in [1.82, 2.24) is 4.90 Å². The number of carbonyl (C=O) groups excluding carboxylic acids is 1. The summed E-state index contributed by atoms with van der Waals surface area (Å²) in [4.78, 5) is 24.3. The van der Waals surface area contributed by atoms with Gasteiger partial charge in [0.15, 0.2) is 5.84 Å². The first kappa shape index (κ1) is 11.9. The summed E-state index contributed by atoms with van der Waals surface area (Å²) in [6.07, 6.45) is 8.65. The van der Waals surface area contributed by atoms with Gasteiger partial charge in [0, 0.05) is 6.21 Å². The molecule has 90 valence electrons. The van der Waals surface area contributed by atoms with Crippen LogP contribution in [0.5, 0.6) is 0 Å². The highest BCUT2D eigenvalue weighted by molar-refractivity contribution is 6.31. The number of carbonyl (C=O) groups is 1. The van der Waals surface area contributed by atoms with Crippen molar-refractivity contribution >= 4 is 24.3 Å². The molecule has 3 aliphatic rings. The Morgan fingerprint density at radius 1 is 1.18 bits per heavy atom. The summed E-state index contributed by atoms with van der Waals surface area (Å²) in [5, 5.41) is 0. The second kappa shape index (κ2) is 5.63. The monoisotopic (exact) mass is 232 g/mol. The Morgan fingerprint density at radius 3 is 2.53 bits per heavy atom. The van der Waals surface area contributed by atoms with E-state index in [-0.39, 0.29) is 5.91 Å². The van der Waals surface area contributed by atoms with E-state index < -0.39 is 0 Å². The van der Waals surface area contributed by atoms with Crippen LogP contribution in [0, 0.1) is 0 Å². The van der Waals surface area contributed by atoms with Crippen molar-refractivity contribution in [3.05, 3.63) is 11.6 Å². The van der Waals surface area contributed by atoms with Gasteiger partial charge in [-0.25, -0.2) is 9.98 Å². The van der Waals surface area contributed by atoms with Gasteiger partial charge in [0.25, 0.3) is 5.91 Å². The van der Waals surface area contributed by atoms with E-state index in [4.69, 9.17) is 0 Å². The molecule has 1 amide bonds. The number of nitrogens with zero attached hydrogens (tertiary/aromatic N) is 4. The SMILES string of the molecule is CN1CCCCC1.O=C1N=CN=C2N=CC=C12. The first-order valence-corrected chi connectivity index (χ1v) is 5.85. The van der Waals surface area contributed by atoms with Gasteiger partial charge in [-0.1, -0.05) is 6.42 Å². The van der Waals surface area contributed by atoms with Gasteiger partial charge < -0.3 is 4.90 Å². The molecule has 0 unspecified atom stereocenters. The van der Waals surface area contributed by atoms with E-state index in [1.807, 2.05) is 0 Å². The summed E-state index contributed by atoms with van der Waals surface area (Å²) in [6.45, 7) is 2.64. The fourth-order valence-electron chi connectivity index (χ4n) is 1.85. The zero-order valence-corrected chi connectivity index (χ0v) is 9.96. The van der Waals surface area contributed by atoms with Crippen LogP contribution in [0.25, 0.3) is 0 Å².